The van der Waals surface area contributed by atoms with Crippen LogP contribution in [0.15, 0.2) is 6.33 Å². The number of aryl methyl sites for hydroxylation is 1. The number of aliphatic hydroxyl groups is 4. The Hall–Kier alpha value is -1.85. The average molecular weight is 379 g/mol. The molecule has 1 aliphatic heterocycles. The topological polar surface area (TPSA) is 146 Å². The molecule has 10 nitrogen and oxygen atoms in total. The van der Waals surface area contributed by atoms with Gasteiger partial charge in [-0.15, -0.1) is 0 Å². The number of rotatable bonds is 4. The third-order valence-corrected chi connectivity index (χ3v) is 5.36. The average Bonchev–Trinajstić information content (AvgIpc) is 3.18. The fourth-order valence-electron chi connectivity index (χ4n) is 3.84. The van der Waals surface area contributed by atoms with Crippen LogP contribution in [0.25, 0.3) is 11.2 Å². The first kappa shape index (κ1) is 18.5. The summed E-state index contributed by atoms with van der Waals surface area (Å²) < 4.78 is 7.15. The highest BCUT2D eigenvalue weighted by Gasteiger charge is 2.44. The molecule has 3 heterocycles. The third kappa shape index (κ3) is 3.39. The van der Waals surface area contributed by atoms with Crippen LogP contribution < -0.4 is 5.32 Å². The smallest absolute Gasteiger partial charge is 0.167 e. The summed E-state index contributed by atoms with van der Waals surface area (Å²) in [6, 6.07) is 0.199. The summed E-state index contributed by atoms with van der Waals surface area (Å²) in [6.45, 7) is 1.37. The molecule has 1 saturated heterocycles. The van der Waals surface area contributed by atoms with Gasteiger partial charge >= 0.3 is 0 Å². The lowest BCUT2D eigenvalue weighted by atomic mass is 9.93. The summed E-state index contributed by atoms with van der Waals surface area (Å²) in [6.07, 6.45) is 0.311. The second-order valence-electron chi connectivity index (χ2n) is 7.32. The van der Waals surface area contributed by atoms with Crippen molar-refractivity contribution in [2.75, 3.05) is 11.9 Å². The Balaban J connectivity index is 1.64. The minimum atomic E-state index is -1.20. The van der Waals surface area contributed by atoms with E-state index in [2.05, 4.69) is 20.3 Å². The highest BCUT2D eigenvalue weighted by molar-refractivity contribution is 5.83. The number of nitrogens with zero attached hydrogens (tertiary/aromatic N) is 4. The number of ether oxygens (including phenoxy) is 1. The zero-order valence-corrected chi connectivity index (χ0v) is 15.1. The van der Waals surface area contributed by atoms with E-state index in [4.69, 9.17) is 4.74 Å². The van der Waals surface area contributed by atoms with E-state index in [9.17, 15) is 20.4 Å². The van der Waals surface area contributed by atoms with Gasteiger partial charge in [-0.25, -0.2) is 15.0 Å². The van der Waals surface area contributed by atoms with Crippen LogP contribution in [0.3, 0.4) is 0 Å². The van der Waals surface area contributed by atoms with E-state index in [1.807, 2.05) is 0 Å². The number of hydrogen-bond acceptors (Lipinski definition) is 9. The summed E-state index contributed by atoms with van der Waals surface area (Å²) in [5, 5.41) is 42.7. The van der Waals surface area contributed by atoms with Crippen LogP contribution in [0, 0.1) is 6.92 Å². The van der Waals surface area contributed by atoms with Crippen molar-refractivity contribution >= 4 is 17.0 Å². The van der Waals surface area contributed by atoms with Gasteiger partial charge in [-0.3, -0.25) is 4.57 Å². The third-order valence-electron chi connectivity index (χ3n) is 5.36. The fourth-order valence-corrected chi connectivity index (χ4v) is 3.84. The van der Waals surface area contributed by atoms with Crippen molar-refractivity contribution in [3.05, 3.63) is 12.2 Å². The first-order valence-electron chi connectivity index (χ1n) is 9.26. The lowest BCUT2D eigenvalue weighted by molar-refractivity contribution is -0.0511. The molecule has 0 amide bonds. The van der Waals surface area contributed by atoms with E-state index in [-0.39, 0.29) is 12.1 Å². The molecule has 27 heavy (non-hydrogen) atoms. The summed E-state index contributed by atoms with van der Waals surface area (Å²) in [5.41, 5.74) is 1.03. The molecule has 0 aromatic carbocycles. The van der Waals surface area contributed by atoms with E-state index < -0.39 is 31.1 Å². The summed E-state index contributed by atoms with van der Waals surface area (Å²) >= 11 is 0. The summed E-state index contributed by atoms with van der Waals surface area (Å²) in [7, 11) is 0. The van der Waals surface area contributed by atoms with Crippen LogP contribution >= 0.6 is 0 Å². The van der Waals surface area contributed by atoms with Gasteiger partial charge in [0.25, 0.3) is 0 Å². The quantitative estimate of drug-likeness (QED) is 0.473. The zero-order chi connectivity index (χ0) is 19.1. The van der Waals surface area contributed by atoms with Gasteiger partial charge in [-0.2, -0.15) is 0 Å². The van der Waals surface area contributed by atoms with Gasteiger partial charge in [0.1, 0.15) is 24.1 Å². The molecule has 10 heteroatoms. The van der Waals surface area contributed by atoms with Crippen molar-refractivity contribution in [1.29, 1.82) is 0 Å². The molecule has 2 aromatic rings. The Morgan fingerprint density at radius 3 is 2.56 bits per heavy atom. The van der Waals surface area contributed by atoms with Gasteiger partial charge in [0.15, 0.2) is 23.2 Å². The number of nitrogens with one attached hydrogen (secondary N) is 1. The van der Waals surface area contributed by atoms with Gasteiger partial charge in [0.05, 0.1) is 19.0 Å². The number of fused-ring (bicyclic) bond motifs is 1. The number of anilines is 1. The van der Waals surface area contributed by atoms with E-state index in [0.29, 0.717) is 22.8 Å². The van der Waals surface area contributed by atoms with Gasteiger partial charge in [0.2, 0.25) is 0 Å². The van der Waals surface area contributed by atoms with Gasteiger partial charge in [-0.05, 0) is 32.6 Å². The molecule has 1 aliphatic carbocycles. The van der Waals surface area contributed by atoms with Crippen molar-refractivity contribution in [1.82, 2.24) is 19.5 Å². The lowest BCUT2D eigenvalue weighted by Crippen LogP contribution is -2.33. The van der Waals surface area contributed by atoms with E-state index in [1.165, 1.54) is 6.33 Å². The summed E-state index contributed by atoms with van der Waals surface area (Å²) in [4.78, 5) is 13.3. The molecule has 4 rings (SSSR count). The molecule has 148 valence electrons. The Labute approximate surface area is 155 Å². The fraction of sp³-hybridized carbons (Fsp3) is 0.706. The highest BCUT2D eigenvalue weighted by atomic mass is 16.6. The predicted molar refractivity (Wildman–Crippen MR) is 95.0 cm³/mol. The molecular formula is C17H25N5O5. The van der Waals surface area contributed by atoms with Crippen LogP contribution in [-0.4, -0.2) is 77.0 Å². The van der Waals surface area contributed by atoms with Crippen molar-refractivity contribution in [3.8, 4) is 0 Å². The van der Waals surface area contributed by atoms with Crippen molar-refractivity contribution in [3.63, 3.8) is 0 Å². The first-order valence-corrected chi connectivity index (χ1v) is 9.26. The molecule has 5 N–H and O–H groups in total. The molecule has 4 unspecified atom stereocenters. The van der Waals surface area contributed by atoms with Crippen LogP contribution in [0.4, 0.5) is 5.82 Å². The second kappa shape index (κ2) is 7.28. The molecule has 2 fully saturated rings. The Morgan fingerprint density at radius 1 is 1.15 bits per heavy atom. The zero-order valence-electron chi connectivity index (χ0n) is 15.1. The molecule has 2 aromatic heterocycles. The minimum Gasteiger partial charge on any atom is -0.394 e. The van der Waals surface area contributed by atoms with Crippen LogP contribution in [0.2, 0.25) is 0 Å². The molecule has 0 radical (unpaired) electrons. The van der Waals surface area contributed by atoms with E-state index >= 15 is 0 Å². The Kier molecular flexibility index (Phi) is 4.99. The second-order valence-corrected chi connectivity index (χ2v) is 7.32. The highest BCUT2D eigenvalue weighted by Crippen LogP contribution is 2.33. The number of hydrogen-bond donors (Lipinski definition) is 5. The normalized spacial score (nSPS) is 34.3. The Morgan fingerprint density at radius 2 is 1.89 bits per heavy atom. The van der Waals surface area contributed by atoms with Crippen LogP contribution in [-0.2, 0) is 4.74 Å². The maximum Gasteiger partial charge on any atom is 0.167 e. The van der Waals surface area contributed by atoms with Gasteiger partial charge < -0.3 is 30.5 Å². The molecule has 0 bridgehead atoms. The molecule has 0 spiro atoms. The number of aromatic nitrogens is 4. The van der Waals surface area contributed by atoms with Gasteiger partial charge in [-0.1, -0.05) is 0 Å². The van der Waals surface area contributed by atoms with Crippen molar-refractivity contribution in [2.45, 2.75) is 69.3 Å². The molecular weight excluding hydrogens is 354 g/mol. The van der Waals surface area contributed by atoms with Crippen molar-refractivity contribution in [2.24, 2.45) is 0 Å². The SMILES string of the molecule is Cc1nc(NC2CCC(O)CC2)c2ncn(C3OC(CO)C(O)C3O)c2n1. The lowest BCUT2D eigenvalue weighted by Gasteiger charge is -2.26. The van der Waals surface area contributed by atoms with Crippen molar-refractivity contribution < 1.29 is 25.2 Å². The Bertz CT molecular complexity index is 806. The first-order chi connectivity index (χ1) is 13.0. The predicted octanol–water partition coefficient (Wildman–Crippen LogP) is -0.538. The standard InChI is InChI=1S/C17H25N5O5/c1-8-19-15(21-9-2-4-10(24)5-3-9)12-16(20-8)22(7-18-12)17-14(26)13(25)11(6-23)27-17/h7,9-11,13-14,17,23-26H,2-6H2,1H3,(H,19,20,21). The van der Waals surface area contributed by atoms with E-state index in [1.54, 1.807) is 11.5 Å². The van der Waals surface area contributed by atoms with Crippen LogP contribution in [0.5, 0.6) is 0 Å². The maximum atomic E-state index is 10.3. The van der Waals surface area contributed by atoms with E-state index in [0.717, 1.165) is 25.7 Å². The molecule has 1 saturated carbocycles. The number of imidazole rings is 1. The minimum absolute atomic E-state index is 0.199. The monoisotopic (exact) mass is 379 g/mol. The summed E-state index contributed by atoms with van der Waals surface area (Å²) in [5.74, 6) is 1.14. The van der Waals surface area contributed by atoms with Crippen LogP contribution in [0.1, 0.15) is 37.7 Å². The maximum absolute atomic E-state index is 10.3. The molecule has 4 atom stereocenters. The van der Waals surface area contributed by atoms with Gasteiger partial charge in [0, 0.05) is 6.04 Å². The largest absolute Gasteiger partial charge is 0.394 e. The number of aliphatic hydroxyl groups excluding tert-OH is 4. The molecule has 2 aliphatic rings.